The molecule has 3 N–H and O–H groups in total. The second-order valence-corrected chi connectivity index (χ2v) is 6.49. The van der Waals surface area contributed by atoms with Crippen molar-refractivity contribution in [2.45, 2.75) is 37.5 Å². The summed E-state index contributed by atoms with van der Waals surface area (Å²) in [5, 5.41) is 3.30. The number of hydrogen-bond donors (Lipinski definition) is 2. The molecule has 1 aliphatic rings. The predicted octanol–water partition coefficient (Wildman–Crippen LogP) is 2.95. The second kappa shape index (κ2) is 6.43. The molecule has 2 unspecified atom stereocenters. The number of thioether (sulfide) groups is 1. The molecule has 0 aliphatic heterocycles. The minimum absolute atomic E-state index is 0.0236. The first-order chi connectivity index (χ1) is 9.51. The summed E-state index contributed by atoms with van der Waals surface area (Å²) in [6.45, 7) is 2.10. The van der Waals surface area contributed by atoms with E-state index >= 15 is 0 Å². The topological polar surface area (TPSA) is 55.1 Å². The zero-order valence-corrected chi connectivity index (χ0v) is 12.1. The third-order valence-electron chi connectivity index (χ3n) is 3.43. The number of carbonyl (C=O) groups is 1. The summed E-state index contributed by atoms with van der Waals surface area (Å²) in [7, 11) is 0. The molecule has 3 nitrogen and oxygen atoms in total. The van der Waals surface area contributed by atoms with Crippen LogP contribution < -0.4 is 11.1 Å². The van der Waals surface area contributed by atoms with E-state index in [0.29, 0.717) is 5.25 Å². The van der Waals surface area contributed by atoms with Crippen LogP contribution in [0.2, 0.25) is 0 Å². The molecule has 20 heavy (non-hydrogen) atoms. The zero-order valence-electron chi connectivity index (χ0n) is 11.3. The monoisotopic (exact) mass is 300 g/mol. The molecular weight excluding hydrogens is 282 g/mol. The van der Waals surface area contributed by atoms with E-state index < -0.39 is 17.5 Å². The van der Waals surface area contributed by atoms with Gasteiger partial charge in [-0.1, -0.05) is 6.92 Å². The van der Waals surface area contributed by atoms with Gasteiger partial charge in [-0.15, -0.1) is 0 Å². The van der Waals surface area contributed by atoms with E-state index in [1.54, 1.807) is 0 Å². The van der Waals surface area contributed by atoms with Crippen LogP contribution in [0.4, 0.5) is 14.5 Å². The van der Waals surface area contributed by atoms with Crippen molar-refractivity contribution >= 4 is 23.4 Å². The highest BCUT2D eigenvalue weighted by Crippen LogP contribution is 2.30. The van der Waals surface area contributed by atoms with Gasteiger partial charge in [0.25, 0.3) is 5.91 Å². The number of nitrogens with one attached hydrogen (secondary N) is 1. The summed E-state index contributed by atoms with van der Waals surface area (Å²) in [5.41, 5.74) is 4.66. The number of amides is 1. The van der Waals surface area contributed by atoms with E-state index in [2.05, 4.69) is 12.2 Å². The third kappa shape index (κ3) is 3.42. The lowest BCUT2D eigenvalue weighted by atomic mass is 10.1. The number of benzene rings is 1. The maximum Gasteiger partial charge on any atom is 0.254 e. The number of halogens is 2. The molecule has 0 aromatic heterocycles. The molecule has 2 rings (SSSR count). The Kier molecular flexibility index (Phi) is 4.86. The molecule has 2 atom stereocenters. The molecule has 1 aromatic rings. The molecule has 0 heterocycles. The quantitative estimate of drug-likeness (QED) is 0.841. The van der Waals surface area contributed by atoms with Gasteiger partial charge in [-0.05, 0) is 37.1 Å². The summed E-state index contributed by atoms with van der Waals surface area (Å²) >= 11 is 1.87. The van der Waals surface area contributed by atoms with Gasteiger partial charge in [0.1, 0.15) is 5.82 Å². The van der Waals surface area contributed by atoms with Crippen LogP contribution in [-0.2, 0) is 0 Å². The van der Waals surface area contributed by atoms with Crippen LogP contribution in [0.3, 0.4) is 0 Å². The molecule has 1 aliphatic carbocycles. The Bertz CT molecular complexity index is 510. The molecule has 1 amide bonds. The van der Waals surface area contributed by atoms with E-state index in [4.69, 9.17) is 5.73 Å². The van der Waals surface area contributed by atoms with Crippen LogP contribution >= 0.6 is 11.8 Å². The number of nitrogens with two attached hydrogens (primary N) is 1. The average molecular weight is 300 g/mol. The van der Waals surface area contributed by atoms with E-state index in [1.165, 1.54) is 0 Å². The van der Waals surface area contributed by atoms with E-state index in [0.717, 1.165) is 37.1 Å². The van der Waals surface area contributed by atoms with Gasteiger partial charge >= 0.3 is 0 Å². The van der Waals surface area contributed by atoms with Crippen molar-refractivity contribution in [3.63, 3.8) is 0 Å². The molecule has 0 bridgehead atoms. The zero-order chi connectivity index (χ0) is 14.7. The first-order valence-electron chi connectivity index (χ1n) is 6.68. The van der Waals surface area contributed by atoms with Crippen LogP contribution in [0, 0.1) is 11.6 Å². The molecule has 1 aromatic carbocycles. The smallest absolute Gasteiger partial charge is 0.254 e. The minimum Gasteiger partial charge on any atom is -0.396 e. The van der Waals surface area contributed by atoms with Crippen molar-refractivity contribution in [1.29, 1.82) is 0 Å². The van der Waals surface area contributed by atoms with Gasteiger partial charge in [0.05, 0.1) is 11.3 Å². The van der Waals surface area contributed by atoms with Crippen molar-refractivity contribution in [3.05, 3.63) is 29.3 Å². The predicted molar refractivity (Wildman–Crippen MR) is 77.8 cm³/mol. The summed E-state index contributed by atoms with van der Waals surface area (Å²) in [6, 6.07) is 1.78. The van der Waals surface area contributed by atoms with Gasteiger partial charge in [-0.25, -0.2) is 8.78 Å². The summed E-state index contributed by atoms with van der Waals surface area (Å²) < 4.78 is 27.0. The first-order valence-corrected chi connectivity index (χ1v) is 7.73. The Morgan fingerprint density at radius 1 is 1.45 bits per heavy atom. The molecule has 1 fully saturated rings. The van der Waals surface area contributed by atoms with Crippen LogP contribution in [0.25, 0.3) is 0 Å². The SMILES string of the molecule is CCSC1CCC(NC(=O)c2cc(F)cc(N)c2F)C1. The fraction of sp³-hybridized carbons (Fsp3) is 0.500. The Labute approximate surface area is 121 Å². The lowest BCUT2D eigenvalue weighted by Crippen LogP contribution is -2.33. The second-order valence-electron chi connectivity index (χ2n) is 4.92. The van der Waals surface area contributed by atoms with Crippen LogP contribution in [0.1, 0.15) is 36.5 Å². The Morgan fingerprint density at radius 3 is 2.90 bits per heavy atom. The fourth-order valence-electron chi connectivity index (χ4n) is 2.50. The Morgan fingerprint density at radius 2 is 2.20 bits per heavy atom. The Hall–Kier alpha value is -1.30. The first kappa shape index (κ1) is 15.1. The van der Waals surface area contributed by atoms with E-state index in [1.807, 2.05) is 11.8 Å². The fourth-order valence-corrected chi connectivity index (χ4v) is 3.64. The van der Waals surface area contributed by atoms with Gasteiger partial charge in [0, 0.05) is 11.3 Å². The lowest BCUT2D eigenvalue weighted by Gasteiger charge is -2.14. The average Bonchev–Trinajstić information content (AvgIpc) is 2.81. The van der Waals surface area contributed by atoms with Crippen molar-refractivity contribution in [3.8, 4) is 0 Å². The van der Waals surface area contributed by atoms with E-state index in [-0.39, 0.29) is 17.3 Å². The molecule has 1 saturated carbocycles. The molecule has 0 saturated heterocycles. The lowest BCUT2D eigenvalue weighted by molar-refractivity contribution is 0.0933. The van der Waals surface area contributed by atoms with Crippen LogP contribution in [0.15, 0.2) is 12.1 Å². The van der Waals surface area contributed by atoms with Crippen LogP contribution in [0.5, 0.6) is 0 Å². The number of rotatable bonds is 4. The van der Waals surface area contributed by atoms with Crippen LogP contribution in [-0.4, -0.2) is 23.0 Å². The summed E-state index contributed by atoms with van der Waals surface area (Å²) in [5.74, 6) is -1.12. The largest absolute Gasteiger partial charge is 0.396 e. The molecule has 0 radical (unpaired) electrons. The maximum absolute atomic E-state index is 13.7. The molecule has 6 heteroatoms. The highest BCUT2D eigenvalue weighted by atomic mass is 32.2. The van der Waals surface area contributed by atoms with Gasteiger partial charge in [-0.2, -0.15) is 11.8 Å². The van der Waals surface area contributed by atoms with Crippen molar-refractivity contribution in [2.24, 2.45) is 0 Å². The summed E-state index contributed by atoms with van der Waals surface area (Å²) in [4.78, 5) is 12.0. The van der Waals surface area contributed by atoms with Gasteiger partial charge in [0.2, 0.25) is 0 Å². The third-order valence-corrected chi connectivity index (χ3v) is 4.67. The number of hydrogen-bond acceptors (Lipinski definition) is 3. The number of carbonyl (C=O) groups excluding carboxylic acids is 1. The maximum atomic E-state index is 13.7. The highest BCUT2D eigenvalue weighted by Gasteiger charge is 2.27. The van der Waals surface area contributed by atoms with E-state index in [9.17, 15) is 13.6 Å². The Balaban J connectivity index is 2.03. The van der Waals surface area contributed by atoms with Gasteiger partial charge in [0.15, 0.2) is 5.82 Å². The highest BCUT2D eigenvalue weighted by molar-refractivity contribution is 7.99. The minimum atomic E-state index is -0.860. The number of nitrogen functional groups attached to an aromatic ring is 1. The van der Waals surface area contributed by atoms with Crippen molar-refractivity contribution in [1.82, 2.24) is 5.32 Å². The van der Waals surface area contributed by atoms with Gasteiger partial charge < -0.3 is 11.1 Å². The standard InChI is InChI=1S/C14H18F2N2OS/c1-2-20-10-4-3-9(7-10)18-14(19)11-5-8(15)6-12(17)13(11)16/h5-6,9-10H,2-4,7,17H2,1H3,(H,18,19). The van der Waals surface area contributed by atoms with Crippen molar-refractivity contribution in [2.75, 3.05) is 11.5 Å². The number of anilines is 1. The molecular formula is C14H18F2N2OS. The molecule has 110 valence electrons. The summed E-state index contributed by atoms with van der Waals surface area (Å²) in [6.07, 6.45) is 2.78. The van der Waals surface area contributed by atoms with Crippen molar-refractivity contribution < 1.29 is 13.6 Å². The normalized spacial score (nSPS) is 21.9. The molecule has 0 spiro atoms. The van der Waals surface area contributed by atoms with Gasteiger partial charge in [-0.3, -0.25) is 4.79 Å².